The van der Waals surface area contributed by atoms with Crippen molar-refractivity contribution in [2.24, 2.45) is 0 Å². The van der Waals surface area contributed by atoms with Crippen LogP contribution in [0.2, 0.25) is 0 Å². The normalized spacial score (nSPS) is 20.1. The van der Waals surface area contributed by atoms with E-state index in [9.17, 15) is 4.79 Å². The van der Waals surface area contributed by atoms with Crippen LogP contribution in [0.25, 0.3) is 0 Å². The maximum Gasteiger partial charge on any atom is 0.233 e. The lowest BCUT2D eigenvalue weighted by Gasteiger charge is -2.32. The Balaban J connectivity index is 1.90. The van der Waals surface area contributed by atoms with Gasteiger partial charge in [0.15, 0.2) is 5.76 Å². The van der Waals surface area contributed by atoms with Gasteiger partial charge in [0.1, 0.15) is 11.9 Å². The van der Waals surface area contributed by atoms with Crippen LogP contribution in [0.5, 0.6) is 0 Å². The first-order valence-electron chi connectivity index (χ1n) is 7.63. The van der Waals surface area contributed by atoms with Crippen molar-refractivity contribution >= 4 is 5.91 Å². The Kier molecular flexibility index (Phi) is 5.84. The number of carbonyl (C=O) groups is 1. The van der Waals surface area contributed by atoms with Gasteiger partial charge in [-0.1, -0.05) is 0 Å². The molecule has 1 aliphatic heterocycles. The molecule has 0 atom stereocenters. The molecule has 6 nitrogen and oxygen atoms in total. The SMILES string of the molecule is CNC(=O)CN1CCC(OC2=C(OC)CCC(C#N)=C2)CC1. The lowest BCUT2D eigenvalue weighted by Crippen LogP contribution is -2.42. The van der Waals surface area contributed by atoms with Crippen molar-refractivity contribution in [3.63, 3.8) is 0 Å². The average Bonchev–Trinajstić information content (AvgIpc) is 2.56. The molecule has 2 aliphatic rings. The molecule has 22 heavy (non-hydrogen) atoms. The second kappa shape index (κ2) is 7.85. The molecule has 0 spiro atoms. The third-order valence-corrected chi connectivity index (χ3v) is 4.07. The van der Waals surface area contributed by atoms with E-state index in [1.54, 1.807) is 20.2 Å². The van der Waals surface area contributed by atoms with Crippen molar-refractivity contribution < 1.29 is 14.3 Å². The molecule has 0 aromatic carbocycles. The second-order valence-electron chi connectivity index (χ2n) is 5.54. The minimum absolute atomic E-state index is 0.0395. The Morgan fingerprint density at radius 1 is 1.45 bits per heavy atom. The van der Waals surface area contributed by atoms with E-state index in [1.807, 2.05) is 0 Å². The summed E-state index contributed by atoms with van der Waals surface area (Å²) in [5, 5.41) is 11.7. The molecule has 6 heteroatoms. The van der Waals surface area contributed by atoms with Crippen LogP contribution >= 0.6 is 0 Å². The third-order valence-electron chi connectivity index (χ3n) is 4.07. The van der Waals surface area contributed by atoms with Crippen molar-refractivity contribution in [3.8, 4) is 6.07 Å². The minimum Gasteiger partial charge on any atom is -0.497 e. The van der Waals surface area contributed by atoms with Gasteiger partial charge >= 0.3 is 0 Å². The number of likely N-dealkylation sites (N-methyl/N-ethyl adjacent to an activating group) is 1. The van der Waals surface area contributed by atoms with Gasteiger partial charge in [-0.3, -0.25) is 9.69 Å². The van der Waals surface area contributed by atoms with Crippen LogP contribution in [-0.4, -0.2) is 50.7 Å². The van der Waals surface area contributed by atoms with Gasteiger partial charge in [-0.15, -0.1) is 0 Å². The summed E-state index contributed by atoms with van der Waals surface area (Å²) in [7, 11) is 3.29. The van der Waals surface area contributed by atoms with Gasteiger partial charge in [0, 0.05) is 32.1 Å². The second-order valence-corrected chi connectivity index (χ2v) is 5.54. The monoisotopic (exact) mass is 305 g/mol. The van der Waals surface area contributed by atoms with Crippen LogP contribution in [0.3, 0.4) is 0 Å². The minimum atomic E-state index is 0.0395. The number of carbonyl (C=O) groups excluding carboxylic acids is 1. The molecule has 120 valence electrons. The summed E-state index contributed by atoms with van der Waals surface area (Å²) < 4.78 is 11.4. The maximum absolute atomic E-state index is 11.4. The van der Waals surface area contributed by atoms with Gasteiger partial charge in [0.05, 0.1) is 19.7 Å². The van der Waals surface area contributed by atoms with Gasteiger partial charge in [-0.2, -0.15) is 5.26 Å². The Labute approximate surface area is 131 Å². The molecular weight excluding hydrogens is 282 g/mol. The molecule has 2 rings (SSSR count). The Morgan fingerprint density at radius 2 is 2.18 bits per heavy atom. The number of ether oxygens (including phenoxy) is 2. The van der Waals surface area contributed by atoms with Crippen molar-refractivity contribution in [3.05, 3.63) is 23.2 Å². The van der Waals surface area contributed by atoms with Crippen molar-refractivity contribution in [1.82, 2.24) is 10.2 Å². The first-order chi connectivity index (χ1) is 10.7. The number of piperidine rings is 1. The summed E-state index contributed by atoms with van der Waals surface area (Å²) in [6, 6.07) is 2.19. The van der Waals surface area contributed by atoms with Gasteiger partial charge in [-0.25, -0.2) is 0 Å². The highest BCUT2D eigenvalue weighted by molar-refractivity contribution is 5.77. The number of nitrogens with one attached hydrogen (secondary N) is 1. The number of hydrogen-bond donors (Lipinski definition) is 1. The Morgan fingerprint density at radius 3 is 2.77 bits per heavy atom. The van der Waals surface area contributed by atoms with E-state index in [2.05, 4.69) is 16.3 Å². The summed E-state index contributed by atoms with van der Waals surface area (Å²) in [4.78, 5) is 13.5. The van der Waals surface area contributed by atoms with Crippen LogP contribution in [0, 0.1) is 11.3 Å². The molecule has 1 aliphatic carbocycles. The van der Waals surface area contributed by atoms with Crippen molar-refractivity contribution in [2.45, 2.75) is 31.8 Å². The molecule has 0 aromatic heterocycles. The number of hydrogen-bond acceptors (Lipinski definition) is 5. The molecule has 0 aromatic rings. The van der Waals surface area contributed by atoms with Crippen LogP contribution in [-0.2, 0) is 14.3 Å². The van der Waals surface area contributed by atoms with Gasteiger partial charge in [-0.05, 0) is 25.3 Å². The van der Waals surface area contributed by atoms with E-state index >= 15 is 0 Å². The summed E-state index contributed by atoms with van der Waals surface area (Å²) in [6.45, 7) is 2.11. The van der Waals surface area contributed by atoms with Crippen molar-refractivity contribution in [1.29, 1.82) is 5.26 Å². The molecule has 0 unspecified atom stereocenters. The number of nitriles is 1. The fraction of sp³-hybridized carbons (Fsp3) is 0.625. The third kappa shape index (κ3) is 4.25. The molecule has 0 bridgehead atoms. The standard InChI is InChI=1S/C16H23N3O3/c1-18-16(20)11-19-7-5-13(6-8-19)22-15-9-12(10-17)3-4-14(15)21-2/h9,13H,3-8,11H2,1-2H3,(H,18,20). The van der Waals surface area contributed by atoms with Crippen molar-refractivity contribution in [2.75, 3.05) is 33.8 Å². The van der Waals surface area contributed by atoms with Gasteiger partial charge < -0.3 is 14.8 Å². The summed E-state index contributed by atoms with van der Waals surface area (Å²) in [5.74, 6) is 1.54. The predicted octanol–water partition coefficient (Wildman–Crippen LogP) is 1.32. The van der Waals surface area contributed by atoms with Crippen LogP contribution in [0.4, 0.5) is 0 Å². The highest BCUT2D eigenvalue weighted by Gasteiger charge is 2.24. The highest BCUT2D eigenvalue weighted by Crippen LogP contribution is 2.27. The fourth-order valence-corrected chi connectivity index (χ4v) is 2.72. The average molecular weight is 305 g/mol. The van der Waals surface area contributed by atoms with E-state index in [0.29, 0.717) is 25.1 Å². The highest BCUT2D eigenvalue weighted by atomic mass is 16.5. The molecule has 0 saturated carbocycles. The Hall–Kier alpha value is -2.00. The van der Waals surface area contributed by atoms with Crippen LogP contribution in [0.15, 0.2) is 23.2 Å². The zero-order chi connectivity index (χ0) is 15.9. The summed E-state index contributed by atoms with van der Waals surface area (Å²) >= 11 is 0. The largest absolute Gasteiger partial charge is 0.497 e. The van der Waals surface area contributed by atoms with E-state index in [0.717, 1.165) is 37.3 Å². The van der Waals surface area contributed by atoms with E-state index in [4.69, 9.17) is 14.7 Å². The molecule has 1 amide bonds. The zero-order valence-corrected chi connectivity index (χ0v) is 13.2. The number of rotatable bonds is 5. The maximum atomic E-state index is 11.4. The molecule has 1 N–H and O–H groups in total. The molecule has 1 fully saturated rings. The Bertz CT molecular complexity index is 511. The number of methoxy groups -OCH3 is 1. The summed E-state index contributed by atoms with van der Waals surface area (Å²) in [6.07, 6.45) is 5.05. The number of nitrogens with zero attached hydrogens (tertiary/aromatic N) is 2. The molecular formula is C16H23N3O3. The molecule has 1 heterocycles. The van der Waals surface area contributed by atoms with Crippen LogP contribution in [0.1, 0.15) is 25.7 Å². The first kappa shape index (κ1) is 16.4. The van der Waals surface area contributed by atoms with E-state index in [1.165, 1.54) is 0 Å². The smallest absolute Gasteiger partial charge is 0.233 e. The van der Waals surface area contributed by atoms with Crippen LogP contribution < -0.4 is 5.32 Å². The molecule has 1 saturated heterocycles. The fourth-order valence-electron chi connectivity index (χ4n) is 2.72. The number of allylic oxidation sites excluding steroid dienone is 3. The van der Waals surface area contributed by atoms with E-state index in [-0.39, 0.29) is 12.0 Å². The number of likely N-dealkylation sites (tertiary alicyclic amines) is 1. The summed E-state index contributed by atoms with van der Waals surface area (Å²) in [5.41, 5.74) is 0.729. The topological polar surface area (TPSA) is 74.6 Å². The molecule has 0 radical (unpaired) electrons. The quantitative estimate of drug-likeness (QED) is 0.829. The van der Waals surface area contributed by atoms with Gasteiger partial charge in [0.2, 0.25) is 5.91 Å². The predicted molar refractivity (Wildman–Crippen MR) is 81.6 cm³/mol. The lowest BCUT2D eigenvalue weighted by molar-refractivity contribution is -0.122. The van der Waals surface area contributed by atoms with Gasteiger partial charge in [0.25, 0.3) is 0 Å². The zero-order valence-electron chi connectivity index (χ0n) is 13.2. The van der Waals surface area contributed by atoms with E-state index < -0.39 is 0 Å². The first-order valence-corrected chi connectivity index (χ1v) is 7.63. The number of amides is 1. The lowest BCUT2D eigenvalue weighted by atomic mass is 10.0.